The first kappa shape index (κ1) is 20.0. The van der Waals surface area contributed by atoms with Crippen LogP contribution in [-0.4, -0.2) is 49.5 Å². The van der Waals surface area contributed by atoms with Crippen LogP contribution in [0.5, 0.6) is 5.75 Å². The van der Waals surface area contributed by atoms with Crippen LogP contribution in [0.1, 0.15) is 12.0 Å². The van der Waals surface area contributed by atoms with Gasteiger partial charge in [0.2, 0.25) is 0 Å². The number of hydrogen-bond donors (Lipinski definition) is 0. The summed E-state index contributed by atoms with van der Waals surface area (Å²) in [7, 11) is 2.94. The van der Waals surface area contributed by atoms with Gasteiger partial charge in [0, 0.05) is 23.1 Å². The molecule has 0 amide bonds. The molecule has 0 fully saturated rings. The second kappa shape index (κ2) is 13.4. The molecule has 0 heterocycles. The van der Waals surface area contributed by atoms with Gasteiger partial charge in [-0.3, -0.25) is 0 Å². The van der Waals surface area contributed by atoms with Gasteiger partial charge in [-0.2, -0.15) is 0 Å². The average molecular weight is 409 g/mol. The van der Waals surface area contributed by atoms with E-state index in [2.05, 4.69) is 15.9 Å². The lowest BCUT2D eigenvalue weighted by Gasteiger charge is -2.10. The summed E-state index contributed by atoms with van der Waals surface area (Å²) in [6.45, 7) is 2.89. The maximum atomic E-state index is 5.75. The molecule has 1 aromatic carbocycles. The van der Waals surface area contributed by atoms with E-state index in [9.17, 15) is 0 Å². The van der Waals surface area contributed by atoms with Gasteiger partial charge < -0.3 is 18.4 Å². The highest BCUT2D eigenvalue weighted by Gasteiger charge is 2.04. The molecule has 4 nitrogen and oxygen atoms in total. The van der Waals surface area contributed by atoms with Crippen LogP contribution in [0.15, 0.2) is 22.7 Å². The molecule has 0 bridgehead atoms. The molecule has 0 aliphatic carbocycles. The summed E-state index contributed by atoms with van der Waals surface area (Å²) >= 11 is 5.03. The minimum atomic E-state index is 0.542. The number of hydrogen-bond acceptors (Lipinski definition) is 5. The lowest BCUT2D eigenvalue weighted by atomic mass is 10.2. The van der Waals surface area contributed by atoms with E-state index in [1.54, 1.807) is 7.11 Å². The van der Waals surface area contributed by atoms with E-state index in [0.29, 0.717) is 33.0 Å². The predicted octanol–water partition coefficient (Wildman–Crippen LogP) is 2.83. The van der Waals surface area contributed by atoms with Crippen LogP contribution >= 0.6 is 28.0 Å². The zero-order valence-electron chi connectivity index (χ0n) is 13.3. The van der Waals surface area contributed by atoms with Crippen LogP contribution in [0, 0.1) is 0 Å². The molecule has 1 aromatic rings. The van der Waals surface area contributed by atoms with Crippen molar-refractivity contribution < 1.29 is 18.4 Å². The van der Waals surface area contributed by atoms with Crippen molar-refractivity contribution in [2.24, 2.45) is 0 Å². The van der Waals surface area contributed by atoms with Gasteiger partial charge in [0.25, 0.3) is 0 Å². The second-order valence-electron chi connectivity index (χ2n) is 4.66. The summed E-state index contributed by atoms with van der Waals surface area (Å²) in [6.07, 6.45) is 1.24. The van der Waals surface area contributed by atoms with E-state index in [0.717, 1.165) is 21.5 Å². The van der Waals surface area contributed by atoms with E-state index in [1.807, 2.05) is 18.2 Å². The number of methoxy groups -OCH3 is 1. The SMILES string of the molecule is COCCOCc1ccc(Br)c(OCCOSCCC[SiH3])c1. The molecule has 126 valence electrons. The van der Waals surface area contributed by atoms with E-state index in [-0.39, 0.29) is 0 Å². The summed E-state index contributed by atoms with van der Waals surface area (Å²) in [5.74, 6) is 1.89. The quantitative estimate of drug-likeness (QED) is 0.285. The monoisotopic (exact) mass is 408 g/mol. The molecular weight excluding hydrogens is 384 g/mol. The van der Waals surface area contributed by atoms with Gasteiger partial charge >= 0.3 is 0 Å². The van der Waals surface area contributed by atoms with Crippen LogP contribution in [-0.2, 0) is 20.3 Å². The van der Waals surface area contributed by atoms with E-state index >= 15 is 0 Å². The van der Waals surface area contributed by atoms with Crippen molar-refractivity contribution in [2.75, 3.05) is 39.3 Å². The van der Waals surface area contributed by atoms with Crippen LogP contribution in [0.25, 0.3) is 0 Å². The maximum absolute atomic E-state index is 5.75. The number of benzene rings is 1. The van der Waals surface area contributed by atoms with E-state index in [4.69, 9.17) is 18.4 Å². The molecule has 0 atom stereocenters. The second-order valence-corrected chi connectivity index (χ2v) is 7.39. The summed E-state index contributed by atoms with van der Waals surface area (Å²) in [4.78, 5) is 0. The minimum absolute atomic E-state index is 0.542. The Morgan fingerprint density at radius 3 is 2.82 bits per heavy atom. The molecule has 0 N–H and O–H groups in total. The van der Waals surface area contributed by atoms with Gasteiger partial charge in [-0.05, 0) is 52.1 Å². The van der Waals surface area contributed by atoms with Crippen molar-refractivity contribution in [3.05, 3.63) is 28.2 Å². The highest BCUT2D eigenvalue weighted by molar-refractivity contribution is 9.10. The third kappa shape index (κ3) is 9.17. The van der Waals surface area contributed by atoms with E-state index in [1.165, 1.54) is 34.8 Å². The lowest BCUT2D eigenvalue weighted by molar-refractivity contribution is 0.0615. The fourth-order valence-corrected chi connectivity index (χ4v) is 3.52. The number of rotatable bonds is 13. The average Bonchev–Trinajstić information content (AvgIpc) is 2.53. The van der Waals surface area contributed by atoms with Gasteiger partial charge in [0.05, 0.1) is 30.9 Å². The molecule has 0 aliphatic rings. The van der Waals surface area contributed by atoms with Crippen LogP contribution in [0.3, 0.4) is 0 Å². The Bertz CT molecular complexity index is 409. The summed E-state index contributed by atoms with van der Waals surface area (Å²) < 4.78 is 22.6. The first-order chi connectivity index (χ1) is 10.8. The van der Waals surface area contributed by atoms with Crippen molar-refractivity contribution in [1.82, 2.24) is 0 Å². The van der Waals surface area contributed by atoms with Crippen LogP contribution in [0.2, 0.25) is 6.04 Å². The Hall–Kier alpha value is -0.0531. The molecule has 0 spiro atoms. The van der Waals surface area contributed by atoms with Gasteiger partial charge in [0.15, 0.2) is 0 Å². The third-order valence-electron chi connectivity index (χ3n) is 2.78. The Morgan fingerprint density at radius 1 is 1.18 bits per heavy atom. The Kier molecular flexibility index (Phi) is 12.2. The lowest BCUT2D eigenvalue weighted by Crippen LogP contribution is -2.05. The third-order valence-corrected chi connectivity index (χ3v) is 4.94. The molecule has 0 aliphatic heterocycles. The van der Waals surface area contributed by atoms with Gasteiger partial charge in [0.1, 0.15) is 12.4 Å². The molecule has 0 radical (unpaired) electrons. The summed E-state index contributed by atoms with van der Waals surface area (Å²) in [5, 5.41) is 0. The highest BCUT2D eigenvalue weighted by atomic mass is 79.9. The predicted molar refractivity (Wildman–Crippen MR) is 98.9 cm³/mol. The molecule has 1 rings (SSSR count). The standard InChI is InChI=1S/C15H25BrO4SSi/c1-17-5-6-18-12-13-3-4-14(16)15(11-13)19-7-8-20-21-9-2-10-22/h3-4,11H,2,5-10,12H2,1,22H3. The van der Waals surface area contributed by atoms with Crippen molar-refractivity contribution in [2.45, 2.75) is 19.1 Å². The van der Waals surface area contributed by atoms with Gasteiger partial charge in [-0.1, -0.05) is 12.1 Å². The smallest absolute Gasteiger partial charge is 0.133 e. The van der Waals surface area contributed by atoms with Crippen LogP contribution in [0.4, 0.5) is 0 Å². The first-order valence-corrected chi connectivity index (χ1v) is 10.6. The molecule has 0 aromatic heterocycles. The fraction of sp³-hybridized carbons (Fsp3) is 0.600. The summed E-state index contributed by atoms with van der Waals surface area (Å²) in [5.41, 5.74) is 1.08. The normalized spacial score (nSPS) is 11.0. The number of ether oxygens (including phenoxy) is 3. The highest BCUT2D eigenvalue weighted by Crippen LogP contribution is 2.26. The molecular formula is C15H25BrO4SSi. The Balaban J connectivity index is 2.26. The Morgan fingerprint density at radius 2 is 2.05 bits per heavy atom. The zero-order chi connectivity index (χ0) is 16.0. The topological polar surface area (TPSA) is 36.9 Å². The van der Waals surface area contributed by atoms with Crippen molar-refractivity contribution in [3.63, 3.8) is 0 Å². The van der Waals surface area contributed by atoms with Crippen molar-refractivity contribution in [1.29, 1.82) is 0 Å². The molecule has 0 saturated heterocycles. The fourth-order valence-electron chi connectivity index (χ4n) is 1.59. The molecule has 7 heteroatoms. The van der Waals surface area contributed by atoms with Gasteiger partial charge in [-0.25, -0.2) is 0 Å². The van der Waals surface area contributed by atoms with Gasteiger partial charge in [-0.15, -0.1) is 0 Å². The van der Waals surface area contributed by atoms with Crippen molar-refractivity contribution in [3.8, 4) is 5.75 Å². The minimum Gasteiger partial charge on any atom is -0.490 e. The van der Waals surface area contributed by atoms with Crippen LogP contribution < -0.4 is 4.74 Å². The Labute approximate surface area is 149 Å². The van der Waals surface area contributed by atoms with Crippen molar-refractivity contribution >= 4 is 38.2 Å². The largest absolute Gasteiger partial charge is 0.490 e. The number of halogens is 1. The molecule has 0 saturated carbocycles. The molecule has 22 heavy (non-hydrogen) atoms. The first-order valence-electron chi connectivity index (χ1n) is 7.50. The summed E-state index contributed by atoms with van der Waals surface area (Å²) in [6, 6.07) is 7.32. The van der Waals surface area contributed by atoms with E-state index < -0.39 is 0 Å². The zero-order valence-corrected chi connectivity index (χ0v) is 17.7. The maximum Gasteiger partial charge on any atom is 0.133 e. The molecule has 0 unspecified atom stereocenters.